The van der Waals surface area contributed by atoms with Gasteiger partial charge in [0, 0.05) is 16.9 Å². The fraction of sp³-hybridized carbons (Fsp3) is 0. The normalized spacial score (nSPS) is 11.0. The van der Waals surface area contributed by atoms with E-state index in [9.17, 15) is 0 Å². The fourth-order valence-corrected chi connectivity index (χ4v) is 7.49. The number of hydrogen-bond acceptors (Lipinski definition) is 1. The lowest BCUT2D eigenvalue weighted by Gasteiger charge is -2.30. The van der Waals surface area contributed by atoms with Crippen molar-refractivity contribution in [2.45, 2.75) is 0 Å². The molecule has 0 bridgehead atoms. The van der Waals surface area contributed by atoms with E-state index in [4.69, 9.17) is 0 Å². The molecule has 0 aliphatic heterocycles. The van der Waals surface area contributed by atoms with Gasteiger partial charge in [-0.15, -0.1) is 0 Å². The molecule has 0 fully saturated rings. The van der Waals surface area contributed by atoms with Crippen LogP contribution in [0.4, 0.5) is 17.1 Å². The van der Waals surface area contributed by atoms with Crippen molar-refractivity contribution in [2.75, 3.05) is 4.90 Å². The van der Waals surface area contributed by atoms with Crippen molar-refractivity contribution >= 4 is 27.8 Å². The summed E-state index contributed by atoms with van der Waals surface area (Å²) < 4.78 is 0. The van der Waals surface area contributed by atoms with Crippen LogP contribution < -0.4 is 4.90 Å². The van der Waals surface area contributed by atoms with Crippen LogP contribution in [0.5, 0.6) is 0 Å². The van der Waals surface area contributed by atoms with Gasteiger partial charge in [0.25, 0.3) is 0 Å². The summed E-state index contributed by atoms with van der Waals surface area (Å²) in [7, 11) is 0. The third-order valence-electron chi connectivity index (χ3n) is 10.1. The van der Waals surface area contributed by atoms with E-state index in [1.165, 1.54) is 66.4 Å². The van der Waals surface area contributed by atoms with Crippen molar-refractivity contribution in [1.82, 2.24) is 0 Å². The highest BCUT2D eigenvalue weighted by Gasteiger charge is 2.23. The first kappa shape index (κ1) is 32.0. The number of rotatable bonds is 8. The number of anilines is 3. The molecule has 0 aromatic heterocycles. The topological polar surface area (TPSA) is 3.24 Å². The molecule has 0 aliphatic carbocycles. The maximum absolute atomic E-state index is 2.43. The molecule has 9 aromatic rings. The molecular weight excluding hydrogens is 639 g/mol. The zero-order valence-corrected chi connectivity index (χ0v) is 29.3. The quantitative estimate of drug-likeness (QED) is 0.155. The van der Waals surface area contributed by atoms with E-state index in [0.717, 1.165) is 17.1 Å². The average Bonchev–Trinajstić information content (AvgIpc) is 3.25. The predicted octanol–water partition coefficient (Wildman–Crippen LogP) is 14.6. The molecule has 0 atom stereocenters. The molecule has 1 nitrogen and oxygen atoms in total. The summed E-state index contributed by atoms with van der Waals surface area (Å²) in [5.41, 5.74) is 15.2. The smallest absolute Gasteiger partial charge is 0.0546 e. The molecule has 0 saturated heterocycles. The van der Waals surface area contributed by atoms with Crippen LogP contribution >= 0.6 is 0 Å². The van der Waals surface area contributed by atoms with Crippen molar-refractivity contribution in [3.8, 4) is 55.6 Å². The molecule has 0 N–H and O–H groups in total. The predicted molar refractivity (Wildman–Crippen MR) is 226 cm³/mol. The van der Waals surface area contributed by atoms with Gasteiger partial charge in [-0.3, -0.25) is 0 Å². The van der Waals surface area contributed by atoms with Crippen LogP contribution in [0, 0.1) is 0 Å². The number of benzene rings is 9. The zero-order valence-electron chi connectivity index (χ0n) is 29.3. The van der Waals surface area contributed by atoms with E-state index in [-0.39, 0.29) is 0 Å². The molecule has 9 rings (SSSR count). The summed E-state index contributed by atoms with van der Waals surface area (Å²) in [4.78, 5) is 2.43. The van der Waals surface area contributed by atoms with Crippen LogP contribution in [0.1, 0.15) is 0 Å². The summed E-state index contributed by atoms with van der Waals surface area (Å²) in [5.74, 6) is 0. The Balaban J connectivity index is 1.28. The van der Waals surface area contributed by atoms with Crippen molar-refractivity contribution in [1.29, 1.82) is 0 Å². The van der Waals surface area contributed by atoms with E-state index in [0.29, 0.717) is 0 Å². The highest BCUT2D eigenvalue weighted by atomic mass is 15.1. The van der Waals surface area contributed by atoms with Gasteiger partial charge in [0.15, 0.2) is 0 Å². The summed E-state index contributed by atoms with van der Waals surface area (Å²) in [5, 5.41) is 2.49. The SMILES string of the molecule is c1ccc(-c2cccc(N(c3ccc(-c4ccc5ccccc5c4)cc3)c3cccc(-c4ccccc4)c3-c3ccccc3-c3ccccc3)c2)cc1. The molecule has 1 heteroatoms. The number of fused-ring (bicyclic) bond motifs is 1. The third-order valence-corrected chi connectivity index (χ3v) is 10.1. The van der Waals surface area contributed by atoms with Crippen LogP contribution in [0.25, 0.3) is 66.4 Å². The van der Waals surface area contributed by atoms with Gasteiger partial charge in [0.1, 0.15) is 0 Å². The Morgan fingerprint density at radius 3 is 1.45 bits per heavy atom. The molecule has 9 aromatic carbocycles. The van der Waals surface area contributed by atoms with Gasteiger partial charge in [0.2, 0.25) is 0 Å². The second-order valence-electron chi connectivity index (χ2n) is 13.3. The lowest BCUT2D eigenvalue weighted by molar-refractivity contribution is 1.28. The highest BCUT2D eigenvalue weighted by Crippen LogP contribution is 2.48. The van der Waals surface area contributed by atoms with Gasteiger partial charge < -0.3 is 4.90 Å². The molecule has 0 spiro atoms. The van der Waals surface area contributed by atoms with Crippen molar-refractivity contribution in [3.05, 3.63) is 224 Å². The zero-order chi connectivity index (χ0) is 35.4. The van der Waals surface area contributed by atoms with Crippen molar-refractivity contribution in [2.24, 2.45) is 0 Å². The maximum Gasteiger partial charge on any atom is 0.0546 e. The Bertz CT molecular complexity index is 2640. The van der Waals surface area contributed by atoms with Crippen LogP contribution in [0.2, 0.25) is 0 Å². The third kappa shape index (κ3) is 6.42. The van der Waals surface area contributed by atoms with Gasteiger partial charge in [0.05, 0.1) is 5.69 Å². The van der Waals surface area contributed by atoms with Crippen LogP contribution in [-0.2, 0) is 0 Å². The highest BCUT2D eigenvalue weighted by molar-refractivity contribution is 6.01. The summed E-state index contributed by atoms with van der Waals surface area (Å²) in [6.07, 6.45) is 0. The molecule has 0 unspecified atom stereocenters. The Morgan fingerprint density at radius 2 is 0.736 bits per heavy atom. The molecule has 0 heterocycles. The van der Waals surface area contributed by atoms with Gasteiger partial charge in [-0.1, -0.05) is 188 Å². The summed E-state index contributed by atoms with van der Waals surface area (Å²) in [6.45, 7) is 0. The van der Waals surface area contributed by atoms with Gasteiger partial charge in [-0.05, 0) is 97.2 Å². The molecule has 0 radical (unpaired) electrons. The van der Waals surface area contributed by atoms with E-state index in [1.54, 1.807) is 0 Å². The standard InChI is InChI=1S/C52H37N/c1-4-16-38(17-5-1)44-24-14-25-47(37-44)53(46-34-32-40(33-35-46)45-31-30-39-18-10-11-23-43(39)36-45)51-29-15-28-49(42-21-8-3-9-22-42)52(51)50-27-13-12-26-48(50)41-19-6-2-7-20-41/h1-37H. The second-order valence-corrected chi connectivity index (χ2v) is 13.3. The van der Waals surface area contributed by atoms with Crippen molar-refractivity contribution < 1.29 is 0 Å². The van der Waals surface area contributed by atoms with Crippen LogP contribution in [0.15, 0.2) is 224 Å². The monoisotopic (exact) mass is 675 g/mol. The molecule has 0 aliphatic rings. The summed E-state index contributed by atoms with van der Waals surface area (Å²) >= 11 is 0. The number of nitrogens with zero attached hydrogens (tertiary/aromatic N) is 1. The largest absolute Gasteiger partial charge is 0.310 e. The van der Waals surface area contributed by atoms with Gasteiger partial charge >= 0.3 is 0 Å². The molecule has 53 heavy (non-hydrogen) atoms. The Morgan fingerprint density at radius 1 is 0.245 bits per heavy atom. The second kappa shape index (κ2) is 14.3. The van der Waals surface area contributed by atoms with Crippen LogP contribution in [-0.4, -0.2) is 0 Å². The van der Waals surface area contributed by atoms with E-state index in [1.807, 2.05) is 0 Å². The Labute approximate surface area is 311 Å². The lowest BCUT2D eigenvalue weighted by atomic mass is 9.87. The minimum absolute atomic E-state index is 1.09. The Hall–Kier alpha value is -6.96. The fourth-order valence-electron chi connectivity index (χ4n) is 7.49. The average molecular weight is 676 g/mol. The first-order chi connectivity index (χ1) is 26.3. The maximum atomic E-state index is 2.43. The number of hydrogen-bond donors (Lipinski definition) is 0. The molecule has 250 valence electrons. The molecule has 0 amide bonds. The molecule has 0 saturated carbocycles. The van der Waals surface area contributed by atoms with Gasteiger partial charge in [-0.2, -0.15) is 0 Å². The summed E-state index contributed by atoms with van der Waals surface area (Å²) in [6, 6.07) is 80.9. The minimum Gasteiger partial charge on any atom is -0.310 e. The van der Waals surface area contributed by atoms with E-state index in [2.05, 4.69) is 229 Å². The first-order valence-corrected chi connectivity index (χ1v) is 18.2. The van der Waals surface area contributed by atoms with Crippen molar-refractivity contribution in [3.63, 3.8) is 0 Å². The minimum atomic E-state index is 1.09. The first-order valence-electron chi connectivity index (χ1n) is 18.2. The van der Waals surface area contributed by atoms with Gasteiger partial charge in [-0.25, -0.2) is 0 Å². The van der Waals surface area contributed by atoms with Crippen LogP contribution in [0.3, 0.4) is 0 Å². The van der Waals surface area contributed by atoms with E-state index < -0.39 is 0 Å². The molecular formula is C52H37N. The lowest BCUT2D eigenvalue weighted by Crippen LogP contribution is -2.12. The Kier molecular flexibility index (Phi) is 8.66. The van der Waals surface area contributed by atoms with E-state index >= 15 is 0 Å².